The fourth-order valence-electron chi connectivity index (χ4n) is 2.01. The van der Waals surface area contributed by atoms with E-state index in [4.69, 9.17) is 0 Å². The maximum atomic E-state index is 13.0. The lowest BCUT2D eigenvalue weighted by atomic mass is 10.1. The second-order valence-electron chi connectivity index (χ2n) is 4.82. The molecule has 0 aliphatic heterocycles. The molecular weight excluding hydrogens is 201 g/mol. The van der Waals surface area contributed by atoms with E-state index in [9.17, 15) is 4.39 Å². The van der Waals surface area contributed by atoms with Crippen LogP contribution in [0.2, 0.25) is 0 Å². The highest BCUT2D eigenvalue weighted by atomic mass is 19.1. The summed E-state index contributed by atoms with van der Waals surface area (Å²) in [5.74, 6) is 0.857. The highest BCUT2D eigenvalue weighted by molar-refractivity contribution is 5.19. The summed E-state index contributed by atoms with van der Waals surface area (Å²) < 4.78 is 13.0. The van der Waals surface area contributed by atoms with E-state index in [1.807, 2.05) is 6.07 Å². The first-order valence-electron chi connectivity index (χ1n) is 6.24. The van der Waals surface area contributed by atoms with Gasteiger partial charge >= 0.3 is 0 Å². The minimum atomic E-state index is -0.149. The molecule has 0 bridgehead atoms. The van der Waals surface area contributed by atoms with Crippen molar-refractivity contribution in [3.05, 3.63) is 35.6 Å². The third kappa shape index (κ3) is 3.60. The third-order valence-corrected chi connectivity index (χ3v) is 3.29. The fraction of sp³-hybridized carbons (Fsp3) is 0.571. The van der Waals surface area contributed by atoms with Gasteiger partial charge in [0.25, 0.3) is 0 Å². The van der Waals surface area contributed by atoms with Gasteiger partial charge in [0.2, 0.25) is 0 Å². The number of halogens is 1. The van der Waals surface area contributed by atoms with Crippen LogP contribution in [0.1, 0.15) is 44.2 Å². The quantitative estimate of drug-likeness (QED) is 0.723. The van der Waals surface area contributed by atoms with Crippen molar-refractivity contribution in [3.63, 3.8) is 0 Å². The van der Waals surface area contributed by atoms with E-state index in [2.05, 4.69) is 12.2 Å². The van der Waals surface area contributed by atoms with E-state index in [-0.39, 0.29) is 11.9 Å². The fourth-order valence-corrected chi connectivity index (χ4v) is 2.01. The van der Waals surface area contributed by atoms with Crippen molar-refractivity contribution in [3.8, 4) is 0 Å². The Balaban J connectivity index is 1.71. The summed E-state index contributed by atoms with van der Waals surface area (Å²) in [5, 5.41) is 3.44. The topological polar surface area (TPSA) is 12.0 Å². The summed E-state index contributed by atoms with van der Waals surface area (Å²) in [5.41, 5.74) is 1.03. The SMILES string of the molecule is CC(NCCCC1CC1)c1cccc(F)c1. The molecule has 0 spiro atoms. The lowest BCUT2D eigenvalue weighted by molar-refractivity contribution is 0.529. The van der Waals surface area contributed by atoms with Crippen LogP contribution in [-0.4, -0.2) is 6.54 Å². The van der Waals surface area contributed by atoms with E-state index in [1.54, 1.807) is 12.1 Å². The largest absolute Gasteiger partial charge is 0.310 e. The van der Waals surface area contributed by atoms with Crippen molar-refractivity contribution in [2.24, 2.45) is 5.92 Å². The van der Waals surface area contributed by atoms with Crippen molar-refractivity contribution >= 4 is 0 Å². The van der Waals surface area contributed by atoms with Gasteiger partial charge in [-0.1, -0.05) is 25.0 Å². The smallest absolute Gasteiger partial charge is 0.123 e. The summed E-state index contributed by atoms with van der Waals surface area (Å²) >= 11 is 0. The number of nitrogens with one attached hydrogen (secondary N) is 1. The Bertz CT molecular complexity index is 333. The van der Waals surface area contributed by atoms with Crippen molar-refractivity contribution in [1.82, 2.24) is 5.32 Å². The van der Waals surface area contributed by atoms with Crippen molar-refractivity contribution in [2.45, 2.75) is 38.6 Å². The lowest BCUT2D eigenvalue weighted by Crippen LogP contribution is -2.20. The van der Waals surface area contributed by atoms with Crippen molar-refractivity contribution < 1.29 is 4.39 Å². The van der Waals surface area contributed by atoms with Crippen LogP contribution in [0.4, 0.5) is 4.39 Å². The molecule has 1 fully saturated rings. The van der Waals surface area contributed by atoms with Crippen molar-refractivity contribution in [2.75, 3.05) is 6.54 Å². The molecule has 1 nitrogen and oxygen atoms in total. The summed E-state index contributed by atoms with van der Waals surface area (Å²) in [4.78, 5) is 0. The Labute approximate surface area is 97.1 Å². The molecule has 0 amide bonds. The van der Waals surface area contributed by atoms with Gasteiger partial charge in [-0.3, -0.25) is 0 Å². The molecule has 1 atom stereocenters. The average molecular weight is 221 g/mol. The molecule has 1 N–H and O–H groups in total. The standard InChI is InChI=1S/C14H20FN/c1-11(13-5-2-6-14(15)10-13)16-9-3-4-12-7-8-12/h2,5-6,10-12,16H,3-4,7-9H2,1H3. The molecule has 1 unspecified atom stereocenters. The predicted octanol–water partition coefficient (Wildman–Crippen LogP) is 3.67. The molecule has 2 heteroatoms. The molecule has 1 aromatic carbocycles. The molecule has 1 aliphatic carbocycles. The highest BCUT2D eigenvalue weighted by Gasteiger charge is 2.20. The number of rotatable bonds is 6. The van der Waals surface area contributed by atoms with Crippen LogP contribution >= 0.6 is 0 Å². The summed E-state index contributed by atoms with van der Waals surface area (Å²) in [6.07, 6.45) is 5.45. The molecular formula is C14H20FN. The predicted molar refractivity (Wildman–Crippen MR) is 64.8 cm³/mol. The van der Waals surface area contributed by atoms with Crippen LogP contribution < -0.4 is 5.32 Å². The van der Waals surface area contributed by atoms with Gasteiger partial charge in [0.05, 0.1) is 0 Å². The second kappa shape index (κ2) is 5.44. The zero-order chi connectivity index (χ0) is 11.4. The van der Waals surface area contributed by atoms with Gasteiger partial charge in [-0.05, 0) is 49.9 Å². The Morgan fingerprint density at radius 1 is 1.44 bits per heavy atom. The first-order chi connectivity index (χ1) is 7.75. The van der Waals surface area contributed by atoms with E-state index in [0.29, 0.717) is 0 Å². The van der Waals surface area contributed by atoms with Crippen LogP contribution in [0.15, 0.2) is 24.3 Å². The van der Waals surface area contributed by atoms with Gasteiger partial charge in [-0.25, -0.2) is 4.39 Å². The molecule has 1 aliphatic rings. The molecule has 16 heavy (non-hydrogen) atoms. The molecule has 0 radical (unpaired) electrons. The average Bonchev–Trinajstić information content (AvgIpc) is 3.08. The maximum absolute atomic E-state index is 13.0. The number of benzene rings is 1. The lowest BCUT2D eigenvalue weighted by Gasteiger charge is -2.14. The molecule has 1 saturated carbocycles. The van der Waals surface area contributed by atoms with Crippen molar-refractivity contribution in [1.29, 1.82) is 0 Å². The minimum Gasteiger partial charge on any atom is -0.310 e. The molecule has 1 aromatic rings. The molecule has 0 heterocycles. The number of hydrogen-bond donors (Lipinski definition) is 1. The van der Waals surface area contributed by atoms with Crippen LogP contribution in [0.3, 0.4) is 0 Å². The summed E-state index contributed by atoms with van der Waals surface area (Å²) in [6.45, 7) is 3.13. The first kappa shape index (κ1) is 11.6. The van der Waals surface area contributed by atoms with E-state index < -0.39 is 0 Å². The Kier molecular flexibility index (Phi) is 3.94. The summed E-state index contributed by atoms with van der Waals surface area (Å²) in [7, 11) is 0. The molecule has 0 saturated heterocycles. The highest BCUT2D eigenvalue weighted by Crippen LogP contribution is 2.33. The summed E-state index contributed by atoms with van der Waals surface area (Å²) in [6, 6.07) is 7.09. The van der Waals surface area contributed by atoms with Gasteiger partial charge in [-0.15, -0.1) is 0 Å². The van der Waals surface area contributed by atoms with Gasteiger partial charge < -0.3 is 5.32 Å². The first-order valence-corrected chi connectivity index (χ1v) is 6.24. The zero-order valence-corrected chi connectivity index (χ0v) is 9.88. The molecule has 88 valence electrons. The van der Waals surface area contributed by atoms with Gasteiger partial charge in [-0.2, -0.15) is 0 Å². The zero-order valence-electron chi connectivity index (χ0n) is 9.88. The molecule has 2 rings (SSSR count). The van der Waals surface area contributed by atoms with Gasteiger partial charge in [0.15, 0.2) is 0 Å². The van der Waals surface area contributed by atoms with Gasteiger partial charge in [0.1, 0.15) is 5.82 Å². The Morgan fingerprint density at radius 3 is 2.94 bits per heavy atom. The second-order valence-corrected chi connectivity index (χ2v) is 4.82. The van der Waals surface area contributed by atoms with E-state index >= 15 is 0 Å². The maximum Gasteiger partial charge on any atom is 0.123 e. The minimum absolute atomic E-state index is 0.149. The Morgan fingerprint density at radius 2 is 2.25 bits per heavy atom. The molecule has 0 aromatic heterocycles. The van der Waals surface area contributed by atoms with Crippen LogP contribution in [-0.2, 0) is 0 Å². The van der Waals surface area contributed by atoms with Crippen LogP contribution in [0.25, 0.3) is 0 Å². The number of hydrogen-bond acceptors (Lipinski definition) is 1. The van der Waals surface area contributed by atoms with E-state index in [0.717, 1.165) is 18.0 Å². The normalized spacial score (nSPS) is 17.4. The third-order valence-electron chi connectivity index (χ3n) is 3.29. The van der Waals surface area contributed by atoms with Crippen LogP contribution in [0.5, 0.6) is 0 Å². The monoisotopic (exact) mass is 221 g/mol. The Hall–Kier alpha value is -0.890. The van der Waals surface area contributed by atoms with Crippen LogP contribution in [0, 0.1) is 11.7 Å². The van der Waals surface area contributed by atoms with E-state index in [1.165, 1.54) is 31.7 Å². The van der Waals surface area contributed by atoms with Gasteiger partial charge in [0, 0.05) is 6.04 Å².